The molecule has 2 aliphatic heterocycles. The molecule has 2 saturated carbocycles. The summed E-state index contributed by atoms with van der Waals surface area (Å²) in [5.74, 6) is 1.62. The van der Waals surface area contributed by atoms with Gasteiger partial charge in [0.1, 0.15) is 0 Å². The standard InChI is InChI=1S/C24H40N2O4/c1-17(27)25(15-19-7-9-21-23(13-19)29-21)11-5-3-4-6-12-26(18(2)28)16-20-8-10-22-24(14-20)30-22/h19-24H,3-16H2,1-2H3. The van der Waals surface area contributed by atoms with Crippen molar-refractivity contribution in [3.63, 3.8) is 0 Å². The third kappa shape index (κ3) is 6.19. The molecule has 6 atom stereocenters. The Bertz CT molecular complexity index is 560. The van der Waals surface area contributed by atoms with Crippen molar-refractivity contribution >= 4 is 11.8 Å². The molecular weight excluding hydrogens is 380 g/mol. The van der Waals surface area contributed by atoms with Crippen LogP contribution in [0.15, 0.2) is 0 Å². The van der Waals surface area contributed by atoms with E-state index in [1.54, 1.807) is 13.8 Å². The minimum absolute atomic E-state index is 0.200. The first-order valence-electron chi connectivity index (χ1n) is 12.3. The second kappa shape index (κ2) is 9.99. The Labute approximate surface area is 181 Å². The number of nitrogens with zero attached hydrogens (tertiary/aromatic N) is 2. The molecule has 6 heteroatoms. The summed E-state index contributed by atoms with van der Waals surface area (Å²) in [5.41, 5.74) is 0. The summed E-state index contributed by atoms with van der Waals surface area (Å²) < 4.78 is 11.3. The minimum Gasteiger partial charge on any atom is -0.370 e. The van der Waals surface area contributed by atoms with E-state index < -0.39 is 0 Å². The zero-order chi connectivity index (χ0) is 21.1. The summed E-state index contributed by atoms with van der Waals surface area (Å²) >= 11 is 0. The van der Waals surface area contributed by atoms with Crippen LogP contribution >= 0.6 is 0 Å². The molecule has 4 rings (SSSR count). The predicted molar refractivity (Wildman–Crippen MR) is 115 cm³/mol. The lowest BCUT2D eigenvalue weighted by molar-refractivity contribution is -0.130. The summed E-state index contributed by atoms with van der Waals surface area (Å²) in [4.78, 5) is 28.2. The van der Waals surface area contributed by atoms with E-state index in [-0.39, 0.29) is 11.8 Å². The van der Waals surface area contributed by atoms with E-state index in [1.807, 2.05) is 9.80 Å². The summed E-state index contributed by atoms with van der Waals surface area (Å²) in [6.07, 6.45) is 13.3. The maximum Gasteiger partial charge on any atom is 0.219 e. The first-order valence-corrected chi connectivity index (χ1v) is 12.3. The fourth-order valence-electron chi connectivity index (χ4n) is 5.64. The average molecular weight is 421 g/mol. The summed E-state index contributed by atoms with van der Waals surface area (Å²) in [6, 6.07) is 0. The molecule has 6 unspecified atom stereocenters. The summed E-state index contributed by atoms with van der Waals surface area (Å²) in [6.45, 7) is 6.91. The van der Waals surface area contributed by atoms with Crippen LogP contribution < -0.4 is 0 Å². The first-order chi connectivity index (χ1) is 14.5. The third-order valence-corrected chi connectivity index (χ3v) is 7.68. The van der Waals surface area contributed by atoms with Gasteiger partial charge in [-0.1, -0.05) is 12.8 Å². The zero-order valence-electron chi connectivity index (χ0n) is 18.9. The van der Waals surface area contributed by atoms with Crippen molar-refractivity contribution < 1.29 is 19.1 Å². The van der Waals surface area contributed by atoms with Gasteiger partial charge in [-0.25, -0.2) is 0 Å². The SMILES string of the molecule is CC(=O)N(CCCCCCN(CC1CCC2OC2C1)C(C)=O)CC1CCC2OC2C1. The lowest BCUT2D eigenvalue weighted by Gasteiger charge is -2.28. The fraction of sp³-hybridized carbons (Fsp3) is 0.917. The van der Waals surface area contributed by atoms with Crippen molar-refractivity contribution in [1.82, 2.24) is 9.80 Å². The van der Waals surface area contributed by atoms with Gasteiger partial charge in [-0.05, 0) is 63.2 Å². The molecule has 2 amide bonds. The van der Waals surface area contributed by atoms with E-state index in [1.165, 1.54) is 25.7 Å². The van der Waals surface area contributed by atoms with Crippen LogP contribution in [-0.4, -0.2) is 72.2 Å². The highest BCUT2D eigenvalue weighted by Gasteiger charge is 2.44. The Morgan fingerprint density at radius 1 is 0.667 bits per heavy atom. The van der Waals surface area contributed by atoms with Gasteiger partial charge in [0.15, 0.2) is 0 Å². The van der Waals surface area contributed by atoms with Crippen LogP contribution in [0.1, 0.15) is 78.1 Å². The molecule has 0 aromatic rings. The van der Waals surface area contributed by atoms with E-state index in [0.29, 0.717) is 36.3 Å². The predicted octanol–water partition coefficient (Wildman–Crippen LogP) is 3.38. The Hall–Kier alpha value is -1.14. The average Bonchev–Trinajstić information content (AvgIpc) is 3.62. The lowest BCUT2D eigenvalue weighted by atomic mass is 9.89. The number of rotatable bonds is 11. The van der Waals surface area contributed by atoms with E-state index in [4.69, 9.17) is 9.47 Å². The number of carbonyl (C=O) groups excluding carboxylic acids is 2. The first kappa shape index (κ1) is 22.1. The monoisotopic (exact) mass is 420 g/mol. The van der Waals surface area contributed by atoms with Crippen molar-refractivity contribution in [2.45, 2.75) is 102 Å². The lowest BCUT2D eigenvalue weighted by Crippen LogP contribution is -2.36. The molecule has 30 heavy (non-hydrogen) atoms. The van der Waals surface area contributed by atoms with E-state index in [9.17, 15) is 9.59 Å². The minimum atomic E-state index is 0.200. The number of hydrogen-bond donors (Lipinski definition) is 0. The van der Waals surface area contributed by atoms with Gasteiger partial charge in [-0.3, -0.25) is 9.59 Å². The van der Waals surface area contributed by atoms with Gasteiger partial charge in [0.05, 0.1) is 24.4 Å². The van der Waals surface area contributed by atoms with Crippen molar-refractivity contribution in [2.24, 2.45) is 11.8 Å². The summed E-state index contributed by atoms with van der Waals surface area (Å²) in [5, 5.41) is 0. The Morgan fingerprint density at radius 3 is 1.47 bits per heavy atom. The van der Waals surface area contributed by atoms with Gasteiger partial charge in [0.25, 0.3) is 0 Å². The quantitative estimate of drug-likeness (QED) is 0.380. The van der Waals surface area contributed by atoms with Gasteiger partial charge in [-0.2, -0.15) is 0 Å². The van der Waals surface area contributed by atoms with Crippen molar-refractivity contribution in [3.8, 4) is 0 Å². The van der Waals surface area contributed by atoms with E-state index in [0.717, 1.165) is 64.7 Å². The number of epoxide rings is 2. The van der Waals surface area contributed by atoms with Crippen LogP contribution in [0.3, 0.4) is 0 Å². The van der Waals surface area contributed by atoms with Crippen molar-refractivity contribution in [3.05, 3.63) is 0 Å². The van der Waals surface area contributed by atoms with Crippen molar-refractivity contribution in [1.29, 1.82) is 0 Å². The highest BCUT2D eigenvalue weighted by atomic mass is 16.6. The molecule has 2 aliphatic carbocycles. The Balaban J connectivity index is 1.08. The number of hydrogen-bond acceptors (Lipinski definition) is 4. The van der Waals surface area contributed by atoms with Gasteiger partial charge in [0, 0.05) is 40.0 Å². The number of unbranched alkanes of at least 4 members (excludes halogenated alkanes) is 3. The largest absolute Gasteiger partial charge is 0.370 e. The van der Waals surface area contributed by atoms with Gasteiger partial charge < -0.3 is 19.3 Å². The molecule has 2 heterocycles. The molecule has 0 radical (unpaired) electrons. The second-order valence-corrected chi connectivity index (χ2v) is 10.1. The maximum atomic E-state index is 12.1. The third-order valence-electron chi connectivity index (χ3n) is 7.68. The van der Waals surface area contributed by atoms with Crippen LogP contribution in [0.2, 0.25) is 0 Å². The number of ether oxygens (including phenoxy) is 2. The van der Waals surface area contributed by atoms with Crippen LogP contribution in [0.25, 0.3) is 0 Å². The summed E-state index contributed by atoms with van der Waals surface area (Å²) in [7, 11) is 0. The number of carbonyl (C=O) groups is 2. The van der Waals surface area contributed by atoms with Gasteiger partial charge in [0.2, 0.25) is 11.8 Å². The van der Waals surface area contributed by atoms with E-state index in [2.05, 4.69) is 0 Å². The van der Waals surface area contributed by atoms with E-state index >= 15 is 0 Å². The molecule has 0 aromatic heterocycles. The molecule has 0 spiro atoms. The zero-order valence-corrected chi connectivity index (χ0v) is 18.9. The maximum absolute atomic E-state index is 12.1. The normalized spacial score (nSPS) is 33.9. The Kier molecular flexibility index (Phi) is 7.35. The van der Waals surface area contributed by atoms with Crippen LogP contribution in [0.5, 0.6) is 0 Å². The Morgan fingerprint density at radius 2 is 1.10 bits per heavy atom. The van der Waals surface area contributed by atoms with Crippen LogP contribution in [0, 0.1) is 11.8 Å². The highest BCUT2D eigenvalue weighted by molar-refractivity contribution is 5.73. The molecule has 170 valence electrons. The number of amides is 2. The van der Waals surface area contributed by atoms with Crippen LogP contribution in [-0.2, 0) is 19.1 Å². The molecular formula is C24H40N2O4. The van der Waals surface area contributed by atoms with Gasteiger partial charge >= 0.3 is 0 Å². The molecule has 4 aliphatic rings. The second-order valence-electron chi connectivity index (χ2n) is 10.1. The molecule has 0 N–H and O–H groups in total. The van der Waals surface area contributed by atoms with Gasteiger partial charge in [-0.15, -0.1) is 0 Å². The molecule has 4 fully saturated rings. The molecule has 6 nitrogen and oxygen atoms in total. The molecule has 2 saturated heterocycles. The smallest absolute Gasteiger partial charge is 0.219 e. The molecule has 0 aromatic carbocycles. The topological polar surface area (TPSA) is 65.7 Å². The molecule has 0 bridgehead atoms. The highest BCUT2D eigenvalue weighted by Crippen LogP contribution is 2.40. The number of fused-ring (bicyclic) bond motifs is 2. The van der Waals surface area contributed by atoms with Crippen molar-refractivity contribution in [2.75, 3.05) is 26.2 Å². The fourth-order valence-corrected chi connectivity index (χ4v) is 5.64. The van der Waals surface area contributed by atoms with Crippen LogP contribution in [0.4, 0.5) is 0 Å².